The van der Waals surface area contributed by atoms with Gasteiger partial charge in [0.25, 0.3) is 0 Å². The Hall–Kier alpha value is -2.11. The number of ether oxygens (including phenoxy) is 1. The van der Waals surface area contributed by atoms with Crippen LogP contribution in [0.4, 0.5) is 10.1 Å². The SMILES string of the molecule is O=C(OCC1CC(=O)N(C2CC2)C1)c1ccc(N2CCCC2)c(F)c1. The molecule has 1 aromatic rings. The average Bonchev–Trinajstić information content (AvgIpc) is 3.15. The van der Waals surface area contributed by atoms with Crippen LogP contribution < -0.4 is 4.90 Å². The Morgan fingerprint density at radius 3 is 2.68 bits per heavy atom. The first kappa shape index (κ1) is 16.4. The Kier molecular flexibility index (Phi) is 4.36. The number of carbonyl (C=O) groups excluding carboxylic acids is 2. The molecule has 2 saturated heterocycles. The van der Waals surface area contributed by atoms with Gasteiger partial charge in [-0.1, -0.05) is 0 Å². The number of nitrogens with zero attached hydrogens (tertiary/aromatic N) is 2. The van der Waals surface area contributed by atoms with Crippen LogP contribution >= 0.6 is 0 Å². The van der Waals surface area contributed by atoms with Gasteiger partial charge in [0.15, 0.2) is 0 Å². The molecule has 2 heterocycles. The van der Waals surface area contributed by atoms with E-state index in [1.807, 2.05) is 9.80 Å². The molecule has 4 rings (SSSR count). The molecule has 3 fully saturated rings. The lowest BCUT2D eigenvalue weighted by Gasteiger charge is -2.18. The molecule has 1 aromatic carbocycles. The Morgan fingerprint density at radius 1 is 1.24 bits per heavy atom. The maximum absolute atomic E-state index is 14.3. The predicted molar refractivity (Wildman–Crippen MR) is 91.0 cm³/mol. The Bertz CT molecular complexity index is 683. The van der Waals surface area contributed by atoms with Gasteiger partial charge in [-0.2, -0.15) is 0 Å². The molecule has 6 heteroatoms. The summed E-state index contributed by atoms with van der Waals surface area (Å²) in [4.78, 5) is 28.0. The number of amides is 1. The van der Waals surface area contributed by atoms with E-state index in [-0.39, 0.29) is 29.8 Å². The van der Waals surface area contributed by atoms with Gasteiger partial charge in [0.1, 0.15) is 5.82 Å². The van der Waals surface area contributed by atoms with Gasteiger partial charge in [-0.25, -0.2) is 9.18 Å². The summed E-state index contributed by atoms with van der Waals surface area (Å²) in [5, 5.41) is 0. The third-order valence-electron chi connectivity index (χ3n) is 5.31. The highest BCUT2D eigenvalue weighted by Crippen LogP contribution is 2.32. The van der Waals surface area contributed by atoms with Crippen LogP contribution in [-0.2, 0) is 9.53 Å². The van der Waals surface area contributed by atoms with E-state index in [0.717, 1.165) is 38.8 Å². The van der Waals surface area contributed by atoms with Gasteiger partial charge in [-0.3, -0.25) is 4.79 Å². The monoisotopic (exact) mass is 346 g/mol. The first-order chi connectivity index (χ1) is 12.1. The van der Waals surface area contributed by atoms with Crippen LogP contribution in [0.15, 0.2) is 18.2 Å². The zero-order valence-electron chi connectivity index (χ0n) is 14.2. The molecule has 25 heavy (non-hydrogen) atoms. The molecule has 0 spiro atoms. The molecule has 1 saturated carbocycles. The van der Waals surface area contributed by atoms with Crippen LogP contribution in [0, 0.1) is 11.7 Å². The Labute approximate surface area is 146 Å². The summed E-state index contributed by atoms with van der Waals surface area (Å²) in [6, 6.07) is 4.94. The highest BCUT2D eigenvalue weighted by atomic mass is 19.1. The molecule has 0 radical (unpaired) electrons. The van der Waals surface area contributed by atoms with Crippen molar-refractivity contribution in [3.63, 3.8) is 0 Å². The summed E-state index contributed by atoms with van der Waals surface area (Å²) in [5.41, 5.74) is 0.777. The third-order valence-corrected chi connectivity index (χ3v) is 5.31. The van der Waals surface area contributed by atoms with Crippen LogP contribution in [0.2, 0.25) is 0 Å². The minimum absolute atomic E-state index is 0.0470. The maximum atomic E-state index is 14.3. The lowest BCUT2D eigenvalue weighted by Crippen LogP contribution is -2.28. The number of esters is 1. The summed E-state index contributed by atoms with van der Waals surface area (Å²) in [6.07, 6.45) is 4.75. The van der Waals surface area contributed by atoms with Crippen LogP contribution in [0.5, 0.6) is 0 Å². The summed E-state index contributed by atoms with van der Waals surface area (Å²) < 4.78 is 19.6. The molecular weight excluding hydrogens is 323 g/mol. The standard InChI is InChI=1S/C19H23FN2O3/c20-16-10-14(3-6-17(16)21-7-1-2-8-21)19(24)25-12-13-9-18(23)22(11-13)15-4-5-15/h3,6,10,13,15H,1-2,4-5,7-9,11-12H2. The lowest BCUT2D eigenvalue weighted by atomic mass is 10.1. The van der Waals surface area contributed by atoms with Crippen LogP contribution in [0.3, 0.4) is 0 Å². The highest BCUT2D eigenvalue weighted by molar-refractivity contribution is 5.90. The maximum Gasteiger partial charge on any atom is 0.338 e. The number of hydrogen-bond acceptors (Lipinski definition) is 4. The van der Waals surface area contributed by atoms with E-state index < -0.39 is 5.97 Å². The van der Waals surface area contributed by atoms with Gasteiger partial charge in [-0.15, -0.1) is 0 Å². The molecule has 0 aromatic heterocycles. The zero-order valence-corrected chi connectivity index (χ0v) is 14.2. The van der Waals surface area contributed by atoms with Crippen molar-refractivity contribution in [2.75, 3.05) is 31.1 Å². The average molecular weight is 346 g/mol. The quantitative estimate of drug-likeness (QED) is 0.769. The third kappa shape index (κ3) is 3.48. The molecule has 1 unspecified atom stereocenters. The molecule has 1 atom stereocenters. The fourth-order valence-electron chi connectivity index (χ4n) is 3.78. The summed E-state index contributed by atoms with van der Waals surface area (Å²) >= 11 is 0. The minimum Gasteiger partial charge on any atom is -0.462 e. The number of halogens is 1. The van der Waals surface area contributed by atoms with Gasteiger partial charge < -0.3 is 14.5 Å². The van der Waals surface area contributed by atoms with Crippen molar-refractivity contribution in [3.8, 4) is 0 Å². The van der Waals surface area contributed by atoms with E-state index >= 15 is 0 Å². The molecule has 1 aliphatic carbocycles. The van der Waals surface area contributed by atoms with Crippen molar-refractivity contribution in [2.24, 2.45) is 5.92 Å². The van der Waals surface area contributed by atoms with Gasteiger partial charge >= 0.3 is 5.97 Å². The number of rotatable bonds is 5. The van der Waals surface area contributed by atoms with Crippen LogP contribution in [0.25, 0.3) is 0 Å². The van der Waals surface area contributed by atoms with Gasteiger partial charge in [0.05, 0.1) is 17.9 Å². The fraction of sp³-hybridized carbons (Fsp3) is 0.579. The Balaban J connectivity index is 1.33. The van der Waals surface area contributed by atoms with Crippen molar-refractivity contribution >= 4 is 17.6 Å². The van der Waals surface area contributed by atoms with E-state index in [0.29, 0.717) is 24.7 Å². The summed E-state index contributed by atoms with van der Waals surface area (Å²) in [5.74, 6) is -0.702. The highest BCUT2D eigenvalue weighted by Gasteiger charge is 2.39. The molecular formula is C19H23FN2O3. The van der Waals surface area contributed by atoms with Gasteiger partial charge in [0, 0.05) is 38.0 Å². The second-order valence-electron chi connectivity index (χ2n) is 7.31. The second kappa shape index (κ2) is 6.65. The van der Waals surface area contributed by atoms with Crippen molar-refractivity contribution in [2.45, 2.75) is 38.1 Å². The summed E-state index contributed by atoms with van der Waals surface area (Å²) in [6.45, 7) is 2.59. The Morgan fingerprint density at radius 2 is 2.00 bits per heavy atom. The molecule has 3 aliphatic rings. The topological polar surface area (TPSA) is 49.9 Å². The first-order valence-corrected chi connectivity index (χ1v) is 9.13. The zero-order chi connectivity index (χ0) is 17.4. The largest absolute Gasteiger partial charge is 0.462 e. The number of likely N-dealkylation sites (tertiary alicyclic amines) is 1. The van der Waals surface area contributed by atoms with E-state index in [1.165, 1.54) is 6.07 Å². The van der Waals surface area contributed by atoms with E-state index in [9.17, 15) is 14.0 Å². The number of benzene rings is 1. The molecule has 2 aliphatic heterocycles. The number of carbonyl (C=O) groups is 2. The van der Waals surface area contributed by atoms with E-state index in [4.69, 9.17) is 4.74 Å². The second-order valence-corrected chi connectivity index (χ2v) is 7.31. The predicted octanol–water partition coefficient (Wildman–Crippen LogP) is 2.59. The number of hydrogen-bond donors (Lipinski definition) is 0. The smallest absolute Gasteiger partial charge is 0.338 e. The van der Waals surface area contributed by atoms with Crippen LogP contribution in [-0.4, -0.2) is 49.1 Å². The van der Waals surface area contributed by atoms with Crippen molar-refractivity contribution in [1.29, 1.82) is 0 Å². The molecule has 0 bridgehead atoms. The molecule has 134 valence electrons. The van der Waals surface area contributed by atoms with E-state index in [2.05, 4.69) is 0 Å². The summed E-state index contributed by atoms with van der Waals surface area (Å²) in [7, 11) is 0. The van der Waals surface area contributed by atoms with Crippen molar-refractivity contribution in [1.82, 2.24) is 4.90 Å². The van der Waals surface area contributed by atoms with Gasteiger partial charge in [-0.05, 0) is 43.9 Å². The lowest BCUT2D eigenvalue weighted by molar-refractivity contribution is -0.128. The normalized spacial score (nSPS) is 23.4. The first-order valence-electron chi connectivity index (χ1n) is 9.13. The fourth-order valence-corrected chi connectivity index (χ4v) is 3.78. The molecule has 5 nitrogen and oxygen atoms in total. The van der Waals surface area contributed by atoms with Crippen LogP contribution in [0.1, 0.15) is 42.5 Å². The molecule has 0 N–H and O–H groups in total. The molecule has 1 amide bonds. The van der Waals surface area contributed by atoms with E-state index in [1.54, 1.807) is 12.1 Å². The minimum atomic E-state index is -0.524. The van der Waals surface area contributed by atoms with Crippen molar-refractivity contribution in [3.05, 3.63) is 29.6 Å². The van der Waals surface area contributed by atoms with Gasteiger partial charge in [0.2, 0.25) is 5.91 Å². The number of anilines is 1. The van der Waals surface area contributed by atoms with Crippen molar-refractivity contribution < 1.29 is 18.7 Å².